The van der Waals surface area contributed by atoms with Crippen molar-refractivity contribution in [3.8, 4) is 5.75 Å². The Balaban J connectivity index is 1.60. The normalized spacial score (nSPS) is 20.0. The zero-order chi connectivity index (χ0) is 17.1. The predicted octanol–water partition coefficient (Wildman–Crippen LogP) is 5.17. The van der Waals surface area contributed by atoms with Gasteiger partial charge in [0, 0.05) is 5.69 Å². The molecule has 1 aliphatic rings. The third-order valence-electron chi connectivity index (χ3n) is 3.87. The Hall–Kier alpha value is -1.93. The van der Waals surface area contributed by atoms with Crippen molar-refractivity contribution in [2.45, 2.75) is 19.3 Å². The van der Waals surface area contributed by atoms with Crippen LogP contribution in [0.5, 0.6) is 5.75 Å². The topological polar surface area (TPSA) is 26.1 Å². The predicted molar refractivity (Wildman–Crippen MR) is 96.3 cm³/mol. The molecule has 124 valence electrons. The molecule has 1 saturated heterocycles. The van der Waals surface area contributed by atoms with E-state index in [1.54, 1.807) is 30.3 Å². The summed E-state index contributed by atoms with van der Waals surface area (Å²) in [5, 5.41) is 1.07. The molecule has 0 bridgehead atoms. The molecular weight excluding hydrogens is 347 g/mol. The fourth-order valence-corrected chi connectivity index (χ4v) is 2.93. The zero-order valence-electron chi connectivity index (χ0n) is 13.1. The van der Waals surface area contributed by atoms with E-state index >= 15 is 0 Å². The maximum Gasteiger partial charge on any atom is 0.187 e. The molecule has 0 unspecified atom stereocenters. The van der Waals surface area contributed by atoms with Gasteiger partial charge in [0.05, 0.1) is 23.2 Å². The number of anilines is 1. The van der Waals surface area contributed by atoms with E-state index in [4.69, 9.17) is 39.2 Å². The average Bonchev–Trinajstić information content (AvgIpc) is 2.97. The summed E-state index contributed by atoms with van der Waals surface area (Å²) in [5.74, 6) is 0.728. The van der Waals surface area contributed by atoms with Gasteiger partial charge in [-0.1, -0.05) is 35.3 Å². The van der Waals surface area contributed by atoms with Gasteiger partial charge < -0.3 is 14.4 Å². The Morgan fingerprint density at radius 1 is 1.21 bits per heavy atom. The Morgan fingerprint density at radius 3 is 2.62 bits per heavy atom. The van der Waals surface area contributed by atoms with Gasteiger partial charge in [0.2, 0.25) is 0 Å². The van der Waals surface area contributed by atoms with Crippen molar-refractivity contribution < 1.29 is 9.47 Å². The number of hydrogen-bond donors (Lipinski definition) is 0. The minimum Gasteiger partial charge on any atom is -0.491 e. The van der Waals surface area contributed by atoms with Crippen molar-refractivity contribution in [3.05, 3.63) is 63.9 Å². The van der Waals surface area contributed by atoms with E-state index in [-0.39, 0.29) is 12.3 Å². The largest absolute Gasteiger partial charge is 0.491 e. The highest BCUT2D eigenvalue weighted by molar-refractivity contribution is 6.42. The SMILES string of the molecule is [C-]#[N+]c1ccc(OC[C@@H]2CN(c3ccc(Cl)c(Cl)c3)[C@@H](C)O2)cc1. The van der Waals surface area contributed by atoms with Gasteiger partial charge in [-0.25, -0.2) is 4.85 Å². The Kier molecular flexibility index (Phi) is 5.15. The molecule has 0 spiro atoms. The van der Waals surface area contributed by atoms with Crippen molar-refractivity contribution >= 4 is 34.6 Å². The first kappa shape index (κ1) is 16.9. The molecule has 0 N–H and O–H groups in total. The quantitative estimate of drug-likeness (QED) is 0.701. The van der Waals surface area contributed by atoms with E-state index < -0.39 is 0 Å². The lowest BCUT2D eigenvalue weighted by molar-refractivity contribution is 0.0304. The zero-order valence-corrected chi connectivity index (χ0v) is 14.6. The van der Waals surface area contributed by atoms with E-state index in [9.17, 15) is 0 Å². The summed E-state index contributed by atoms with van der Waals surface area (Å²) < 4.78 is 11.7. The molecule has 24 heavy (non-hydrogen) atoms. The van der Waals surface area contributed by atoms with Crippen molar-refractivity contribution in [2.24, 2.45) is 0 Å². The number of nitrogens with zero attached hydrogens (tertiary/aromatic N) is 2. The van der Waals surface area contributed by atoms with E-state index in [0.29, 0.717) is 28.9 Å². The lowest BCUT2D eigenvalue weighted by Gasteiger charge is -2.22. The second-order valence-corrected chi connectivity index (χ2v) is 6.34. The molecule has 0 aromatic heterocycles. The van der Waals surface area contributed by atoms with Crippen LogP contribution in [0.4, 0.5) is 11.4 Å². The molecule has 2 atom stereocenters. The van der Waals surface area contributed by atoms with Gasteiger partial charge in [-0.05, 0) is 37.3 Å². The fraction of sp³-hybridized carbons (Fsp3) is 0.278. The second-order valence-electron chi connectivity index (χ2n) is 5.52. The summed E-state index contributed by atoms with van der Waals surface area (Å²) in [6, 6.07) is 12.6. The molecule has 1 aliphatic heterocycles. The van der Waals surface area contributed by atoms with Gasteiger partial charge in [0.1, 0.15) is 24.7 Å². The maximum atomic E-state index is 6.95. The number of ether oxygens (including phenoxy) is 2. The van der Waals surface area contributed by atoms with Gasteiger partial charge in [0.15, 0.2) is 5.69 Å². The van der Waals surface area contributed by atoms with Gasteiger partial charge in [-0.15, -0.1) is 0 Å². The summed E-state index contributed by atoms with van der Waals surface area (Å²) >= 11 is 12.1. The van der Waals surface area contributed by atoms with Crippen LogP contribution in [0.25, 0.3) is 4.85 Å². The summed E-state index contributed by atoms with van der Waals surface area (Å²) in [6.45, 7) is 10.1. The molecule has 0 aliphatic carbocycles. The van der Waals surface area contributed by atoms with E-state index in [2.05, 4.69) is 9.74 Å². The summed E-state index contributed by atoms with van der Waals surface area (Å²) in [6.07, 6.45) is -0.115. The van der Waals surface area contributed by atoms with Crippen LogP contribution in [-0.2, 0) is 4.74 Å². The molecular formula is C18H16Cl2N2O2. The second kappa shape index (κ2) is 7.31. The first-order valence-corrected chi connectivity index (χ1v) is 8.30. The van der Waals surface area contributed by atoms with Gasteiger partial charge in [-0.2, -0.15) is 0 Å². The molecule has 6 heteroatoms. The Bertz CT molecular complexity index is 759. The monoisotopic (exact) mass is 362 g/mol. The third kappa shape index (κ3) is 3.76. The molecule has 4 nitrogen and oxygen atoms in total. The molecule has 1 fully saturated rings. The van der Waals surface area contributed by atoms with E-state index in [0.717, 1.165) is 11.4 Å². The molecule has 0 radical (unpaired) electrons. The fourth-order valence-electron chi connectivity index (χ4n) is 2.64. The summed E-state index contributed by atoms with van der Waals surface area (Å²) in [4.78, 5) is 5.48. The van der Waals surface area contributed by atoms with Crippen LogP contribution in [0, 0.1) is 6.57 Å². The van der Waals surface area contributed by atoms with Crippen LogP contribution in [-0.4, -0.2) is 25.5 Å². The average molecular weight is 363 g/mol. The van der Waals surface area contributed by atoms with Crippen LogP contribution < -0.4 is 9.64 Å². The summed E-state index contributed by atoms with van der Waals surface area (Å²) in [7, 11) is 0. The van der Waals surface area contributed by atoms with E-state index in [1.807, 2.05) is 19.1 Å². The van der Waals surface area contributed by atoms with Crippen molar-refractivity contribution in [3.63, 3.8) is 0 Å². The lowest BCUT2D eigenvalue weighted by atomic mass is 10.2. The van der Waals surface area contributed by atoms with Gasteiger partial charge in [-0.3, -0.25) is 0 Å². The van der Waals surface area contributed by atoms with E-state index in [1.165, 1.54) is 0 Å². The first-order chi connectivity index (χ1) is 11.6. The molecule has 1 heterocycles. The third-order valence-corrected chi connectivity index (χ3v) is 4.60. The number of halogens is 2. The van der Waals surface area contributed by atoms with Gasteiger partial charge in [0.25, 0.3) is 0 Å². The van der Waals surface area contributed by atoms with Crippen molar-refractivity contribution in [2.75, 3.05) is 18.1 Å². The van der Waals surface area contributed by atoms with Crippen molar-refractivity contribution in [1.82, 2.24) is 0 Å². The Labute approximate surface area is 151 Å². The Morgan fingerprint density at radius 2 is 1.96 bits per heavy atom. The highest BCUT2D eigenvalue weighted by atomic mass is 35.5. The summed E-state index contributed by atoms with van der Waals surface area (Å²) in [5.41, 5.74) is 1.57. The van der Waals surface area contributed by atoms with Crippen LogP contribution in [0.15, 0.2) is 42.5 Å². The first-order valence-electron chi connectivity index (χ1n) is 7.54. The number of hydrogen-bond acceptors (Lipinski definition) is 3. The molecule has 0 saturated carbocycles. The highest BCUT2D eigenvalue weighted by Gasteiger charge is 2.30. The molecule has 2 aromatic carbocycles. The van der Waals surface area contributed by atoms with Crippen molar-refractivity contribution in [1.29, 1.82) is 0 Å². The van der Waals surface area contributed by atoms with Crippen LogP contribution in [0.3, 0.4) is 0 Å². The molecule has 2 aromatic rings. The number of rotatable bonds is 4. The molecule has 0 amide bonds. The van der Waals surface area contributed by atoms with Crippen LogP contribution in [0.2, 0.25) is 10.0 Å². The smallest absolute Gasteiger partial charge is 0.187 e. The number of benzene rings is 2. The molecule has 3 rings (SSSR count). The van der Waals surface area contributed by atoms with Crippen LogP contribution >= 0.6 is 23.2 Å². The maximum absolute atomic E-state index is 6.95. The standard InChI is InChI=1S/C18H16Cl2N2O2/c1-12-22(14-5-8-17(19)18(20)9-14)10-16(24-12)11-23-15-6-3-13(21-2)4-7-15/h3-9,12,16H,10-11H2,1H3/t12-,16+/m1/s1. The minimum absolute atomic E-state index is 0.0463. The van der Waals surface area contributed by atoms with Crippen LogP contribution in [0.1, 0.15) is 6.92 Å². The minimum atomic E-state index is -0.0691. The van der Waals surface area contributed by atoms with Gasteiger partial charge >= 0.3 is 0 Å². The lowest BCUT2D eigenvalue weighted by Crippen LogP contribution is -2.28. The highest BCUT2D eigenvalue weighted by Crippen LogP contribution is 2.31.